The molecule has 0 radical (unpaired) electrons. The minimum atomic E-state index is -3.15. The summed E-state index contributed by atoms with van der Waals surface area (Å²) < 4.78 is 38.8. The fraction of sp³-hybridized carbons (Fsp3) is 0.400. The van der Waals surface area contributed by atoms with Gasteiger partial charge in [-0.2, -0.15) is 0 Å². The Morgan fingerprint density at radius 3 is 2.69 bits per heavy atom. The molecular formula is C10H11BrF3NO. The summed E-state index contributed by atoms with van der Waals surface area (Å²) in [5.41, 5.74) is 0.550. The molecule has 0 aromatic heterocycles. The molecule has 1 aromatic rings. The van der Waals surface area contributed by atoms with Crippen LogP contribution in [0.2, 0.25) is 0 Å². The summed E-state index contributed by atoms with van der Waals surface area (Å²) in [4.78, 5) is 0. The number of hydrogen-bond acceptors (Lipinski definition) is 2. The Morgan fingerprint density at radius 2 is 2.06 bits per heavy atom. The Kier molecular flexibility index (Phi) is 4.76. The van der Waals surface area contributed by atoms with Crippen molar-refractivity contribution in [3.63, 3.8) is 0 Å². The molecule has 0 atom stereocenters. The first-order valence-electron chi connectivity index (χ1n) is 4.58. The number of aliphatic hydroxyl groups is 1. The molecule has 0 saturated carbocycles. The standard InChI is InChI=1S/C10H11BrF3NO/c11-9-2-1-8(12)3-7(9)4-15-5-10(13,14)6-16/h1-3,15-16H,4-6H2. The highest BCUT2D eigenvalue weighted by atomic mass is 79.9. The van der Waals surface area contributed by atoms with E-state index in [0.717, 1.165) is 0 Å². The van der Waals surface area contributed by atoms with Crippen LogP contribution in [-0.4, -0.2) is 24.2 Å². The van der Waals surface area contributed by atoms with Gasteiger partial charge in [0.1, 0.15) is 12.4 Å². The van der Waals surface area contributed by atoms with Crippen LogP contribution in [-0.2, 0) is 6.54 Å². The predicted molar refractivity (Wildman–Crippen MR) is 57.8 cm³/mol. The number of benzene rings is 1. The van der Waals surface area contributed by atoms with E-state index >= 15 is 0 Å². The van der Waals surface area contributed by atoms with E-state index in [1.54, 1.807) is 0 Å². The summed E-state index contributed by atoms with van der Waals surface area (Å²) in [7, 11) is 0. The van der Waals surface area contributed by atoms with E-state index in [1.807, 2.05) is 0 Å². The zero-order valence-electron chi connectivity index (χ0n) is 8.31. The third kappa shape index (κ3) is 4.11. The molecule has 0 aliphatic carbocycles. The molecule has 2 N–H and O–H groups in total. The Morgan fingerprint density at radius 1 is 1.38 bits per heavy atom. The van der Waals surface area contributed by atoms with Crippen molar-refractivity contribution in [2.24, 2.45) is 0 Å². The summed E-state index contributed by atoms with van der Waals surface area (Å²) in [5.74, 6) is -3.58. The first kappa shape index (κ1) is 13.5. The maximum atomic E-state index is 12.8. The summed E-state index contributed by atoms with van der Waals surface area (Å²) in [6, 6.07) is 4.04. The van der Waals surface area contributed by atoms with E-state index in [1.165, 1.54) is 18.2 Å². The van der Waals surface area contributed by atoms with Crippen molar-refractivity contribution in [2.45, 2.75) is 12.5 Å². The van der Waals surface area contributed by atoms with Crippen LogP contribution in [0, 0.1) is 5.82 Å². The topological polar surface area (TPSA) is 32.3 Å². The smallest absolute Gasteiger partial charge is 0.282 e. The molecule has 0 spiro atoms. The van der Waals surface area contributed by atoms with E-state index < -0.39 is 24.9 Å². The minimum Gasteiger partial charge on any atom is -0.390 e. The van der Waals surface area contributed by atoms with Gasteiger partial charge >= 0.3 is 0 Å². The van der Waals surface area contributed by atoms with Gasteiger partial charge in [0.2, 0.25) is 0 Å². The van der Waals surface area contributed by atoms with Crippen LogP contribution in [0.5, 0.6) is 0 Å². The number of aliphatic hydroxyl groups excluding tert-OH is 1. The number of alkyl halides is 2. The van der Waals surface area contributed by atoms with Crippen molar-refractivity contribution < 1.29 is 18.3 Å². The lowest BCUT2D eigenvalue weighted by atomic mass is 10.2. The summed E-state index contributed by atoms with van der Waals surface area (Å²) in [6.07, 6.45) is 0. The van der Waals surface area contributed by atoms with E-state index in [0.29, 0.717) is 10.0 Å². The van der Waals surface area contributed by atoms with Gasteiger partial charge in [-0.05, 0) is 23.8 Å². The largest absolute Gasteiger partial charge is 0.390 e. The van der Waals surface area contributed by atoms with Crippen LogP contribution < -0.4 is 5.32 Å². The lowest BCUT2D eigenvalue weighted by Crippen LogP contribution is -2.35. The monoisotopic (exact) mass is 297 g/mol. The van der Waals surface area contributed by atoms with E-state index in [-0.39, 0.29) is 6.54 Å². The molecule has 0 heterocycles. The zero-order valence-corrected chi connectivity index (χ0v) is 9.90. The lowest BCUT2D eigenvalue weighted by molar-refractivity contribution is -0.0477. The number of rotatable bonds is 5. The fourth-order valence-electron chi connectivity index (χ4n) is 1.11. The molecule has 6 heteroatoms. The first-order valence-corrected chi connectivity index (χ1v) is 5.37. The molecule has 0 aliphatic rings. The van der Waals surface area contributed by atoms with Crippen LogP contribution in [0.3, 0.4) is 0 Å². The Hall–Kier alpha value is -0.590. The number of nitrogens with one attached hydrogen (secondary N) is 1. The number of halogens is 4. The Bertz CT molecular complexity index is 360. The average Bonchev–Trinajstić information content (AvgIpc) is 2.23. The normalized spacial score (nSPS) is 11.8. The molecule has 0 unspecified atom stereocenters. The molecule has 1 rings (SSSR count). The van der Waals surface area contributed by atoms with Crippen molar-refractivity contribution >= 4 is 15.9 Å². The molecule has 0 aliphatic heterocycles. The maximum absolute atomic E-state index is 12.8. The van der Waals surface area contributed by atoms with Gasteiger partial charge in [-0.25, -0.2) is 13.2 Å². The predicted octanol–water partition coefficient (Wildman–Crippen LogP) is 2.31. The van der Waals surface area contributed by atoms with Crippen molar-refractivity contribution in [3.8, 4) is 0 Å². The van der Waals surface area contributed by atoms with Gasteiger partial charge in [0, 0.05) is 11.0 Å². The molecule has 16 heavy (non-hydrogen) atoms. The Labute approximate surface area is 99.6 Å². The quantitative estimate of drug-likeness (QED) is 0.874. The molecule has 0 fully saturated rings. The minimum absolute atomic E-state index is 0.105. The second-order valence-corrected chi connectivity index (χ2v) is 4.21. The molecule has 1 aromatic carbocycles. The average molecular weight is 298 g/mol. The maximum Gasteiger partial charge on any atom is 0.282 e. The van der Waals surface area contributed by atoms with Crippen molar-refractivity contribution in [1.82, 2.24) is 5.32 Å². The fourth-order valence-corrected chi connectivity index (χ4v) is 1.50. The third-order valence-electron chi connectivity index (χ3n) is 1.94. The molecule has 0 saturated heterocycles. The van der Waals surface area contributed by atoms with Crippen LogP contribution >= 0.6 is 15.9 Å². The van der Waals surface area contributed by atoms with Crippen molar-refractivity contribution in [1.29, 1.82) is 0 Å². The summed E-state index contributed by atoms with van der Waals surface area (Å²) in [5, 5.41) is 10.8. The van der Waals surface area contributed by atoms with Gasteiger partial charge in [0.15, 0.2) is 0 Å². The zero-order chi connectivity index (χ0) is 12.2. The van der Waals surface area contributed by atoms with Gasteiger partial charge in [-0.15, -0.1) is 0 Å². The van der Waals surface area contributed by atoms with Gasteiger partial charge in [-0.1, -0.05) is 15.9 Å². The second-order valence-electron chi connectivity index (χ2n) is 3.35. The van der Waals surface area contributed by atoms with Crippen molar-refractivity contribution in [2.75, 3.05) is 13.2 Å². The Balaban J connectivity index is 2.52. The highest BCUT2D eigenvalue weighted by Crippen LogP contribution is 2.18. The molecular weight excluding hydrogens is 287 g/mol. The van der Waals surface area contributed by atoms with Crippen LogP contribution in [0.15, 0.2) is 22.7 Å². The van der Waals surface area contributed by atoms with Crippen LogP contribution in [0.4, 0.5) is 13.2 Å². The molecule has 90 valence electrons. The molecule has 0 bridgehead atoms. The summed E-state index contributed by atoms with van der Waals surface area (Å²) in [6.45, 7) is -1.75. The lowest BCUT2D eigenvalue weighted by Gasteiger charge is -2.14. The van der Waals surface area contributed by atoms with E-state index in [2.05, 4.69) is 21.2 Å². The number of hydrogen-bond donors (Lipinski definition) is 2. The SMILES string of the molecule is OCC(F)(F)CNCc1cc(F)ccc1Br. The van der Waals surface area contributed by atoms with E-state index in [9.17, 15) is 13.2 Å². The van der Waals surface area contributed by atoms with Gasteiger partial charge in [0.05, 0.1) is 6.54 Å². The van der Waals surface area contributed by atoms with Gasteiger partial charge < -0.3 is 10.4 Å². The highest BCUT2D eigenvalue weighted by Gasteiger charge is 2.26. The third-order valence-corrected chi connectivity index (χ3v) is 2.71. The second kappa shape index (κ2) is 5.65. The van der Waals surface area contributed by atoms with Crippen LogP contribution in [0.1, 0.15) is 5.56 Å². The van der Waals surface area contributed by atoms with Gasteiger partial charge in [-0.3, -0.25) is 0 Å². The summed E-state index contributed by atoms with van der Waals surface area (Å²) >= 11 is 3.18. The van der Waals surface area contributed by atoms with Crippen LogP contribution in [0.25, 0.3) is 0 Å². The molecule has 2 nitrogen and oxygen atoms in total. The highest BCUT2D eigenvalue weighted by molar-refractivity contribution is 9.10. The van der Waals surface area contributed by atoms with Gasteiger partial charge in [0.25, 0.3) is 5.92 Å². The van der Waals surface area contributed by atoms with Crippen molar-refractivity contribution in [3.05, 3.63) is 34.1 Å². The van der Waals surface area contributed by atoms with E-state index in [4.69, 9.17) is 5.11 Å². The molecule has 0 amide bonds. The first-order chi connectivity index (χ1) is 7.44.